The first kappa shape index (κ1) is 16.9. The van der Waals surface area contributed by atoms with Crippen LogP contribution in [0.2, 0.25) is 0 Å². The Balaban J connectivity index is 1.88. The second kappa shape index (κ2) is 6.89. The van der Waals surface area contributed by atoms with Crippen LogP contribution in [0.3, 0.4) is 0 Å². The van der Waals surface area contributed by atoms with Gasteiger partial charge in [-0.25, -0.2) is 0 Å². The van der Waals surface area contributed by atoms with Gasteiger partial charge in [-0.2, -0.15) is 0 Å². The molecule has 25 heavy (non-hydrogen) atoms. The normalized spacial score (nSPS) is 12.1. The van der Waals surface area contributed by atoms with E-state index in [1.54, 1.807) is 24.2 Å². The second-order valence-corrected chi connectivity index (χ2v) is 6.39. The van der Waals surface area contributed by atoms with Gasteiger partial charge in [0.2, 0.25) is 5.56 Å². The molecular weight excluding hydrogens is 314 g/mol. The van der Waals surface area contributed by atoms with Gasteiger partial charge >= 0.3 is 0 Å². The van der Waals surface area contributed by atoms with E-state index in [0.29, 0.717) is 17.5 Å². The molecule has 0 spiro atoms. The molecule has 1 N–H and O–H groups in total. The summed E-state index contributed by atoms with van der Waals surface area (Å²) in [6, 6.07) is 12.6. The standard InChI is InChI=1S/C20H21N3O2/c1-13-8-9-21-15(10-13)11-14(2)23(3)20(25)17-12-19(24)22-18-7-5-4-6-16(17)18/h4-10,12,14H,11H2,1-3H3,(H,22,24)/t14-/m1/s1. The van der Waals surface area contributed by atoms with Crippen molar-refractivity contribution in [3.63, 3.8) is 0 Å². The van der Waals surface area contributed by atoms with Gasteiger partial charge in [-0.1, -0.05) is 18.2 Å². The predicted molar refractivity (Wildman–Crippen MR) is 98.8 cm³/mol. The highest BCUT2D eigenvalue weighted by Gasteiger charge is 2.20. The van der Waals surface area contributed by atoms with Crippen LogP contribution >= 0.6 is 0 Å². The zero-order valence-electron chi connectivity index (χ0n) is 14.6. The molecule has 0 fully saturated rings. The molecule has 0 saturated carbocycles. The van der Waals surface area contributed by atoms with Crippen LogP contribution < -0.4 is 5.56 Å². The number of aromatic amines is 1. The van der Waals surface area contributed by atoms with Crippen LogP contribution in [0, 0.1) is 6.92 Å². The number of aryl methyl sites for hydroxylation is 1. The zero-order valence-corrected chi connectivity index (χ0v) is 14.6. The molecule has 0 bridgehead atoms. The van der Waals surface area contributed by atoms with E-state index in [1.807, 2.05) is 44.2 Å². The maximum absolute atomic E-state index is 13.0. The second-order valence-electron chi connectivity index (χ2n) is 6.39. The SMILES string of the molecule is Cc1ccnc(C[C@@H](C)N(C)C(=O)c2cc(=O)[nH]c3ccccc23)c1. The van der Waals surface area contributed by atoms with Crippen molar-refractivity contribution in [3.8, 4) is 0 Å². The van der Waals surface area contributed by atoms with E-state index in [1.165, 1.54) is 6.07 Å². The molecule has 3 rings (SSSR count). The number of hydrogen-bond acceptors (Lipinski definition) is 3. The number of carbonyl (C=O) groups is 1. The van der Waals surface area contributed by atoms with Crippen LogP contribution in [0.5, 0.6) is 0 Å². The zero-order chi connectivity index (χ0) is 18.0. The van der Waals surface area contributed by atoms with Crippen molar-refractivity contribution >= 4 is 16.8 Å². The number of benzene rings is 1. The summed E-state index contributed by atoms with van der Waals surface area (Å²) in [5, 5.41) is 0.750. The van der Waals surface area contributed by atoms with Gasteiger partial charge in [0, 0.05) is 48.4 Å². The van der Waals surface area contributed by atoms with E-state index in [4.69, 9.17) is 0 Å². The van der Waals surface area contributed by atoms with Gasteiger partial charge in [-0.05, 0) is 37.6 Å². The monoisotopic (exact) mass is 335 g/mol. The highest BCUT2D eigenvalue weighted by Crippen LogP contribution is 2.18. The molecule has 0 radical (unpaired) electrons. The lowest BCUT2D eigenvalue weighted by atomic mass is 10.1. The summed E-state index contributed by atoms with van der Waals surface area (Å²) in [5.74, 6) is -0.164. The summed E-state index contributed by atoms with van der Waals surface area (Å²) in [6.45, 7) is 4.00. The number of fused-ring (bicyclic) bond motifs is 1. The van der Waals surface area contributed by atoms with Crippen LogP contribution in [0.1, 0.15) is 28.5 Å². The summed E-state index contributed by atoms with van der Waals surface area (Å²) < 4.78 is 0. The van der Waals surface area contributed by atoms with Gasteiger partial charge in [0.15, 0.2) is 0 Å². The Hall–Kier alpha value is -2.95. The van der Waals surface area contributed by atoms with Crippen LogP contribution in [0.15, 0.2) is 53.5 Å². The van der Waals surface area contributed by atoms with Gasteiger partial charge in [0.1, 0.15) is 0 Å². The smallest absolute Gasteiger partial charge is 0.254 e. The number of amides is 1. The quantitative estimate of drug-likeness (QED) is 0.797. The summed E-state index contributed by atoms with van der Waals surface area (Å²) >= 11 is 0. The number of pyridine rings is 2. The van der Waals surface area contributed by atoms with Crippen molar-refractivity contribution in [1.82, 2.24) is 14.9 Å². The minimum absolute atomic E-state index is 0.0418. The van der Waals surface area contributed by atoms with Crippen LogP contribution in [-0.2, 0) is 6.42 Å². The van der Waals surface area contributed by atoms with E-state index < -0.39 is 0 Å². The van der Waals surface area contributed by atoms with Crippen LogP contribution in [-0.4, -0.2) is 33.9 Å². The fourth-order valence-electron chi connectivity index (χ4n) is 2.92. The lowest BCUT2D eigenvalue weighted by Gasteiger charge is -2.25. The molecule has 1 amide bonds. The van der Waals surface area contributed by atoms with E-state index in [9.17, 15) is 9.59 Å². The molecule has 5 heteroatoms. The van der Waals surface area contributed by atoms with Crippen molar-refractivity contribution in [2.45, 2.75) is 26.3 Å². The molecule has 0 unspecified atom stereocenters. The van der Waals surface area contributed by atoms with Gasteiger partial charge < -0.3 is 9.88 Å². The third-order valence-electron chi connectivity index (χ3n) is 4.44. The van der Waals surface area contributed by atoms with Gasteiger partial charge in [-0.3, -0.25) is 14.6 Å². The number of likely N-dealkylation sites (N-methyl/N-ethyl adjacent to an activating group) is 1. The lowest BCUT2D eigenvalue weighted by molar-refractivity contribution is 0.0744. The van der Waals surface area contributed by atoms with Gasteiger partial charge in [0.05, 0.1) is 5.56 Å². The molecule has 1 atom stereocenters. The third-order valence-corrected chi connectivity index (χ3v) is 4.44. The van der Waals surface area contributed by atoms with E-state index >= 15 is 0 Å². The Kier molecular flexibility index (Phi) is 4.65. The number of nitrogens with one attached hydrogen (secondary N) is 1. The molecule has 0 aliphatic carbocycles. The Morgan fingerprint density at radius 2 is 2.00 bits per heavy atom. The largest absolute Gasteiger partial charge is 0.339 e. The first-order valence-electron chi connectivity index (χ1n) is 8.26. The average molecular weight is 335 g/mol. The fraction of sp³-hybridized carbons (Fsp3) is 0.250. The van der Waals surface area contributed by atoms with Crippen LogP contribution in [0.25, 0.3) is 10.9 Å². The third kappa shape index (κ3) is 3.60. The maximum Gasteiger partial charge on any atom is 0.254 e. The predicted octanol–water partition coefficient (Wildman–Crippen LogP) is 2.93. The van der Waals surface area contributed by atoms with Crippen LogP contribution in [0.4, 0.5) is 0 Å². The minimum atomic E-state index is -0.275. The average Bonchev–Trinajstić information content (AvgIpc) is 2.59. The Bertz CT molecular complexity index is 978. The number of hydrogen-bond donors (Lipinski definition) is 1. The number of aromatic nitrogens is 2. The highest BCUT2D eigenvalue weighted by atomic mass is 16.2. The van der Waals surface area contributed by atoms with E-state index in [2.05, 4.69) is 9.97 Å². The number of nitrogens with zero attached hydrogens (tertiary/aromatic N) is 2. The van der Waals surface area contributed by atoms with Gasteiger partial charge in [0.25, 0.3) is 5.91 Å². The maximum atomic E-state index is 13.0. The number of rotatable bonds is 4. The minimum Gasteiger partial charge on any atom is -0.339 e. The molecule has 2 aromatic heterocycles. The molecule has 2 heterocycles. The number of H-pyrrole nitrogens is 1. The molecular formula is C20H21N3O2. The Morgan fingerprint density at radius 1 is 1.24 bits per heavy atom. The molecule has 0 aliphatic heterocycles. The Labute approximate surface area is 146 Å². The van der Waals surface area contributed by atoms with Gasteiger partial charge in [-0.15, -0.1) is 0 Å². The van der Waals surface area contributed by atoms with Crippen molar-refractivity contribution in [1.29, 1.82) is 0 Å². The first-order chi connectivity index (χ1) is 12.0. The lowest BCUT2D eigenvalue weighted by Crippen LogP contribution is -2.37. The van der Waals surface area contributed by atoms with Crippen molar-refractivity contribution in [2.75, 3.05) is 7.05 Å². The molecule has 3 aromatic rings. The number of carbonyl (C=O) groups excluding carboxylic acids is 1. The summed E-state index contributed by atoms with van der Waals surface area (Å²) in [4.78, 5) is 33.7. The molecule has 0 aliphatic rings. The van der Waals surface area contributed by atoms with Crippen molar-refractivity contribution in [3.05, 3.63) is 75.8 Å². The molecule has 1 aromatic carbocycles. The van der Waals surface area contributed by atoms with Crippen molar-refractivity contribution in [2.24, 2.45) is 0 Å². The topological polar surface area (TPSA) is 66.1 Å². The molecule has 0 saturated heterocycles. The van der Waals surface area contributed by atoms with Crippen molar-refractivity contribution < 1.29 is 4.79 Å². The summed E-state index contributed by atoms with van der Waals surface area (Å²) in [5.41, 5.74) is 2.91. The first-order valence-corrected chi connectivity index (χ1v) is 8.26. The molecule has 5 nitrogen and oxygen atoms in total. The summed E-state index contributed by atoms with van der Waals surface area (Å²) in [7, 11) is 1.76. The highest BCUT2D eigenvalue weighted by molar-refractivity contribution is 6.05. The Morgan fingerprint density at radius 3 is 2.76 bits per heavy atom. The van der Waals surface area contributed by atoms with E-state index in [-0.39, 0.29) is 17.5 Å². The van der Waals surface area contributed by atoms with E-state index in [0.717, 1.165) is 16.6 Å². The summed E-state index contributed by atoms with van der Waals surface area (Å²) in [6.07, 6.45) is 2.44. The number of para-hydroxylation sites is 1. The molecule has 128 valence electrons. The fourth-order valence-corrected chi connectivity index (χ4v) is 2.92.